The van der Waals surface area contributed by atoms with Crippen LogP contribution in [-0.4, -0.2) is 69.7 Å². The number of amides is 4. The van der Waals surface area contributed by atoms with Gasteiger partial charge < -0.3 is 37.6 Å². The number of phenols is 1. The normalized spacial score (nSPS) is 14.3. The highest BCUT2D eigenvalue weighted by Crippen LogP contribution is 2.13. The van der Waals surface area contributed by atoms with Gasteiger partial charge >= 0.3 is 5.97 Å². The monoisotopic (exact) mass is 511 g/mol. The van der Waals surface area contributed by atoms with E-state index in [1.807, 2.05) is 0 Å². The molecule has 9 N–H and O–H groups in total. The second kappa shape index (κ2) is 14.2. The summed E-state index contributed by atoms with van der Waals surface area (Å²) in [6, 6.07) is 1.25. The van der Waals surface area contributed by atoms with Crippen LogP contribution in [0.3, 0.4) is 0 Å². The van der Waals surface area contributed by atoms with Crippen LogP contribution in [0.1, 0.15) is 32.3 Å². The van der Waals surface area contributed by atoms with Crippen molar-refractivity contribution >= 4 is 42.2 Å². The third kappa shape index (κ3) is 10.2. The first-order valence-corrected chi connectivity index (χ1v) is 11.6. The number of carboxylic acids is 1. The summed E-state index contributed by atoms with van der Waals surface area (Å²) < 4.78 is 0. The summed E-state index contributed by atoms with van der Waals surface area (Å²) in [6.45, 7) is 3.38. The molecule has 1 aromatic carbocycles. The Morgan fingerprint density at radius 1 is 0.943 bits per heavy atom. The highest BCUT2D eigenvalue weighted by atomic mass is 32.1. The number of aromatic hydroxyl groups is 1. The minimum absolute atomic E-state index is 0.000655. The first-order valence-electron chi connectivity index (χ1n) is 10.9. The molecule has 0 aliphatic heterocycles. The van der Waals surface area contributed by atoms with Crippen molar-refractivity contribution < 1.29 is 34.2 Å². The second-order valence-corrected chi connectivity index (χ2v) is 8.72. The Morgan fingerprint density at radius 3 is 2.00 bits per heavy atom. The Balaban J connectivity index is 3.13. The number of carboxylic acid groups (broad SMARTS) is 1. The maximum absolute atomic E-state index is 13.0. The van der Waals surface area contributed by atoms with Gasteiger partial charge in [-0.1, -0.05) is 26.0 Å². The van der Waals surface area contributed by atoms with Crippen LogP contribution < -0.4 is 27.4 Å². The fraction of sp³-hybridized carbons (Fsp3) is 0.500. The fourth-order valence-corrected chi connectivity index (χ4v) is 3.20. The molecule has 13 heteroatoms. The highest BCUT2D eigenvalue weighted by molar-refractivity contribution is 7.80. The molecule has 35 heavy (non-hydrogen) atoms. The van der Waals surface area contributed by atoms with Crippen molar-refractivity contribution in [3.8, 4) is 5.75 Å². The van der Waals surface area contributed by atoms with Gasteiger partial charge in [0.2, 0.25) is 23.6 Å². The molecular formula is C22H33N5O7S. The summed E-state index contributed by atoms with van der Waals surface area (Å²) in [5.74, 6) is -4.49. The number of primary amides is 1. The summed E-state index contributed by atoms with van der Waals surface area (Å²) >= 11 is 3.97. The van der Waals surface area contributed by atoms with Crippen LogP contribution in [0.2, 0.25) is 0 Å². The lowest BCUT2D eigenvalue weighted by atomic mass is 10.00. The second-order valence-electron chi connectivity index (χ2n) is 8.36. The van der Waals surface area contributed by atoms with Crippen molar-refractivity contribution in [2.75, 3.05) is 5.75 Å². The molecule has 12 nitrogen and oxygen atoms in total. The number of hydrogen-bond acceptors (Lipinski definition) is 8. The number of phenolic OH excluding ortho intramolecular Hbond substituents is 1. The van der Waals surface area contributed by atoms with Crippen molar-refractivity contribution in [1.29, 1.82) is 0 Å². The lowest BCUT2D eigenvalue weighted by Gasteiger charge is -2.27. The smallest absolute Gasteiger partial charge is 0.326 e. The van der Waals surface area contributed by atoms with Crippen molar-refractivity contribution in [3.63, 3.8) is 0 Å². The quantitative estimate of drug-likeness (QED) is 0.139. The molecule has 0 aliphatic rings. The van der Waals surface area contributed by atoms with Gasteiger partial charge in [0.05, 0.1) is 6.04 Å². The number of rotatable bonds is 14. The van der Waals surface area contributed by atoms with Crippen LogP contribution in [0.15, 0.2) is 24.3 Å². The van der Waals surface area contributed by atoms with E-state index in [0.717, 1.165) is 0 Å². The van der Waals surface area contributed by atoms with Gasteiger partial charge in [-0.25, -0.2) is 4.79 Å². The van der Waals surface area contributed by atoms with Crippen LogP contribution in [0, 0.1) is 5.92 Å². The first-order chi connectivity index (χ1) is 16.3. The molecule has 1 rings (SSSR count). The van der Waals surface area contributed by atoms with Gasteiger partial charge in [0.25, 0.3) is 0 Å². The van der Waals surface area contributed by atoms with Gasteiger partial charge in [-0.3, -0.25) is 19.2 Å². The standard InChI is InChI=1S/C22H33N5O7S/c1-11(2)18(27-19(30)14(23)10-35)21(32)26-16(9-12-3-5-13(28)6-4-12)20(31)25-15(22(33)34)7-8-17(24)29/h3-6,11,14-16,18,28,35H,7-10,23H2,1-2H3,(H2,24,29)(H,25,31)(H,26,32)(H,27,30)(H,33,34). The summed E-state index contributed by atoms with van der Waals surface area (Å²) in [7, 11) is 0. The number of nitrogens with two attached hydrogens (primary N) is 2. The Bertz CT molecular complexity index is 910. The van der Waals surface area contributed by atoms with Crippen LogP contribution in [0.25, 0.3) is 0 Å². The Kier molecular flexibility index (Phi) is 12.0. The molecule has 0 aromatic heterocycles. The lowest BCUT2D eigenvalue weighted by Crippen LogP contribution is -2.59. The van der Waals surface area contributed by atoms with E-state index in [4.69, 9.17) is 11.5 Å². The average molecular weight is 512 g/mol. The molecule has 0 saturated heterocycles. The zero-order chi connectivity index (χ0) is 26.7. The predicted molar refractivity (Wildman–Crippen MR) is 130 cm³/mol. The van der Waals surface area contributed by atoms with Gasteiger partial charge in [-0.05, 0) is 30.0 Å². The molecule has 4 amide bonds. The maximum atomic E-state index is 13.0. The fourth-order valence-electron chi connectivity index (χ4n) is 3.03. The summed E-state index contributed by atoms with van der Waals surface area (Å²) in [5, 5.41) is 26.3. The Labute approximate surface area is 208 Å². The predicted octanol–water partition coefficient (Wildman–Crippen LogP) is -1.35. The maximum Gasteiger partial charge on any atom is 0.326 e. The molecule has 0 aliphatic carbocycles. The van der Waals surface area contributed by atoms with Crippen LogP contribution in [0.5, 0.6) is 5.75 Å². The number of aliphatic carboxylic acids is 1. The largest absolute Gasteiger partial charge is 0.508 e. The third-order valence-electron chi connectivity index (χ3n) is 5.08. The molecule has 194 valence electrons. The molecular weight excluding hydrogens is 478 g/mol. The van der Waals surface area contributed by atoms with Crippen molar-refractivity contribution in [3.05, 3.63) is 29.8 Å². The molecule has 0 bridgehead atoms. The summed E-state index contributed by atoms with van der Waals surface area (Å²) in [6.07, 6.45) is -0.545. The number of carbonyl (C=O) groups excluding carboxylic acids is 4. The zero-order valence-corrected chi connectivity index (χ0v) is 20.5. The van der Waals surface area contributed by atoms with Gasteiger partial charge in [-0.2, -0.15) is 12.6 Å². The molecule has 0 spiro atoms. The molecule has 0 saturated carbocycles. The number of thiol groups is 1. The zero-order valence-electron chi connectivity index (χ0n) is 19.6. The van der Waals surface area contributed by atoms with Crippen LogP contribution in [0.4, 0.5) is 0 Å². The van der Waals surface area contributed by atoms with Gasteiger partial charge in [0, 0.05) is 18.6 Å². The van der Waals surface area contributed by atoms with E-state index in [0.29, 0.717) is 5.56 Å². The number of benzene rings is 1. The van der Waals surface area contributed by atoms with Gasteiger partial charge in [-0.15, -0.1) is 0 Å². The van der Waals surface area contributed by atoms with E-state index in [-0.39, 0.29) is 36.7 Å². The number of hydrogen-bond donors (Lipinski definition) is 8. The van der Waals surface area contributed by atoms with E-state index in [2.05, 4.69) is 28.6 Å². The van der Waals surface area contributed by atoms with Crippen molar-refractivity contribution in [2.45, 2.75) is 57.3 Å². The Morgan fingerprint density at radius 2 is 1.51 bits per heavy atom. The molecule has 4 unspecified atom stereocenters. The number of carbonyl (C=O) groups is 5. The average Bonchev–Trinajstić information content (AvgIpc) is 2.79. The Hall–Kier alpha value is -3.32. The number of nitrogens with one attached hydrogen (secondary N) is 3. The van der Waals surface area contributed by atoms with Crippen LogP contribution >= 0.6 is 12.6 Å². The SMILES string of the molecule is CC(C)C(NC(=O)C(N)CS)C(=O)NC(Cc1ccc(O)cc1)C(=O)NC(CCC(N)=O)C(=O)O. The van der Waals surface area contributed by atoms with Crippen molar-refractivity contribution in [1.82, 2.24) is 16.0 Å². The molecule has 0 radical (unpaired) electrons. The van der Waals surface area contributed by atoms with E-state index < -0.39 is 53.8 Å². The molecule has 4 atom stereocenters. The lowest BCUT2D eigenvalue weighted by molar-refractivity contribution is -0.142. The molecule has 0 fully saturated rings. The highest BCUT2D eigenvalue weighted by Gasteiger charge is 2.31. The van der Waals surface area contributed by atoms with E-state index in [1.165, 1.54) is 24.3 Å². The van der Waals surface area contributed by atoms with Gasteiger partial charge in [0.15, 0.2) is 0 Å². The minimum Gasteiger partial charge on any atom is -0.508 e. The van der Waals surface area contributed by atoms with Crippen molar-refractivity contribution in [2.24, 2.45) is 17.4 Å². The minimum atomic E-state index is -1.41. The van der Waals surface area contributed by atoms with E-state index in [1.54, 1.807) is 13.8 Å². The summed E-state index contributed by atoms with van der Waals surface area (Å²) in [4.78, 5) is 60.9. The molecule has 1 aromatic rings. The topological polar surface area (TPSA) is 214 Å². The third-order valence-corrected chi connectivity index (χ3v) is 5.48. The first kappa shape index (κ1) is 29.7. The van der Waals surface area contributed by atoms with E-state index in [9.17, 15) is 34.2 Å². The van der Waals surface area contributed by atoms with Gasteiger partial charge in [0.1, 0.15) is 23.9 Å². The van der Waals surface area contributed by atoms with E-state index >= 15 is 0 Å². The van der Waals surface area contributed by atoms with Crippen LogP contribution in [-0.2, 0) is 30.4 Å². The summed E-state index contributed by atoms with van der Waals surface area (Å²) in [5.41, 5.74) is 11.3. The molecule has 0 heterocycles.